The quantitative estimate of drug-likeness (QED) is 0.804. The molecule has 0 spiro atoms. The predicted octanol–water partition coefficient (Wildman–Crippen LogP) is 4.04. The molecule has 1 aliphatic heterocycles. The van der Waals surface area contributed by atoms with Crippen LogP contribution in [-0.4, -0.2) is 19.6 Å². The van der Waals surface area contributed by atoms with Crippen LogP contribution >= 0.6 is 27.5 Å². The number of rotatable bonds is 3. The molecule has 114 valence electrons. The van der Waals surface area contributed by atoms with E-state index in [4.69, 9.17) is 21.1 Å². The Morgan fingerprint density at radius 3 is 2.86 bits per heavy atom. The highest BCUT2D eigenvalue weighted by Gasteiger charge is 2.28. The van der Waals surface area contributed by atoms with E-state index in [-0.39, 0.29) is 12.5 Å². The first-order valence-corrected chi connectivity index (χ1v) is 7.81. The van der Waals surface area contributed by atoms with Gasteiger partial charge >= 0.3 is 0 Å². The molecule has 0 N–H and O–H groups in total. The monoisotopic (exact) mass is 381 g/mol. The number of carbonyl (C=O) groups is 1. The second kappa shape index (κ2) is 6.18. The minimum atomic E-state index is -0.118. The van der Waals surface area contributed by atoms with Crippen LogP contribution in [0.4, 0.5) is 5.69 Å². The minimum absolute atomic E-state index is 0.00236. The van der Waals surface area contributed by atoms with Gasteiger partial charge in [0.05, 0.1) is 23.8 Å². The summed E-state index contributed by atoms with van der Waals surface area (Å²) in [6, 6.07) is 11.1. The second-order valence-electron chi connectivity index (χ2n) is 4.82. The number of carbonyl (C=O) groups excluding carboxylic acids is 1. The van der Waals surface area contributed by atoms with Gasteiger partial charge in [0.25, 0.3) is 5.91 Å². The van der Waals surface area contributed by atoms with Crippen molar-refractivity contribution in [2.45, 2.75) is 6.54 Å². The molecule has 22 heavy (non-hydrogen) atoms. The van der Waals surface area contributed by atoms with E-state index in [1.807, 2.05) is 30.3 Å². The lowest BCUT2D eigenvalue weighted by atomic mass is 10.1. The molecule has 1 heterocycles. The molecule has 1 aliphatic rings. The van der Waals surface area contributed by atoms with Crippen LogP contribution in [0.3, 0.4) is 0 Å². The maximum atomic E-state index is 12.3. The Kier molecular flexibility index (Phi) is 4.27. The summed E-state index contributed by atoms with van der Waals surface area (Å²) >= 11 is 9.66. The topological polar surface area (TPSA) is 38.8 Å². The van der Waals surface area contributed by atoms with Crippen molar-refractivity contribution in [3.63, 3.8) is 0 Å². The standard InChI is InChI=1S/C16H13BrClNO3/c1-21-11-6-12(17)16-14(7-11)19(15(20)9-22-16)8-10-4-2-3-5-13(10)18/h2-7H,8-9H2,1H3. The Balaban J connectivity index is 2.04. The summed E-state index contributed by atoms with van der Waals surface area (Å²) in [6.07, 6.45) is 0. The normalized spacial score (nSPS) is 13.6. The van der Waals surface area contributed by atoms with Crippen molar-refractivity contribution in [1.29, 1.82) is 0 Å². The van der Waals surface area contributed by atoms with Crippen LogP contribution < -0.4 is 14.4 Å². The number of benzene rings is 2. The van der Waals surface area contributed by atoms with Crippen molar-refractivity contribution in [3.05, 3.63) is 51.5 Å². The zero-order valence-electron chi connectivity index (χ0n) is 11.8. The number of hydrogen-bond acceptors (Lipinski definition) is 3. The van der Waals surface area contributed by atoms with Crippen LogP contribution in [-0.2, 0) is 11.3 Å². The summed E-state index contributed by atoms with van der Waals surface area (Å²) in [5, 5.41) is 0.630. The van der Waals surface area contributed by atoms with Gasteiger partial charge in [0, 0.05) is 11.1 Å². The lowest BCUT2D eigenvalue weighted by molar-refractivity contribution is -0.121. The Morgan fingerprint density at radius 2 is 2.14 bits per heavy atom. The largest absolute Gasteiger partial charge is 0.497 e. The van der Waals surface area contributed by atoms with Crippen molar-refractivity contribution in [3.8, 4) is 11.5 Å². The number of methoxy groups -OCH3 is 1. The molecule has 0 saturated heterocycles. The highest BCUT2D eigenvalue weighted by molar-refractivity contribution is 9.10. The van der Waals surface area contributed by atoms with E-state index in [0.29, 0.717) is 28.8 Å². The van der Waals surface area contributed by atoms with Gasteiger partial charge in [-0.2, -0.15) is 0 Å². The summed E-state index contributed by atoms with van der Waals surface area (Å²) in [4.78, 5) is 13.9. The van der Waals surface area contributed by atoms with E-state index in [0.717, 1.165) is 10.0 Å². The fourth-order valence-electron chi connectivity index (χ4n) is 2.33. The van der Waals surface area contributed by atoms with Gasteiger partial charge in [-0.3, -0.25) is 4.79 Å². The number of ether oxygens (including phenoxy) is 2. The van der Waals surface area contributed by atoms with Crippen molar-refractivity contribution in [1.82, 2.24) is 0 Å². The molecular weight excluding hydrogens is 370 g/mol. The van der Waals surface area contributed by atoms with Crippen LogP contribution in [0, 0.1) is 0 Å². The van der Waals surface area contributed by atoms with Gasteiger partial charge in [0.2, 0.25) is 0 Å². The smallest absolute Gasteiger partial charge is 0.265 e. The van der Waals surface area contributed by atoms with Gasteiger partial charge < -0.3 is 14.4 Å². The summed E-state index contributed by atoms with van der Waals surface area (Å²) < 4.78 is 11.6. The Bertz CT molecular complexity index is 735. The summed E-state index contributed by atoms with van der Waals surface area (Å²) in [5.74, 6) is 1.16. The van der Waals surface area contributed by atoms with E-state index < -0.39 is 0 Å². The van der Waals surface area contributed by atoms with Gasteiger partial charge in [-0.05, 0) is 33.6 Å². The van der Waals surface area contributed by atoms with Crippen LogP contribution in [0.25, 0.3) is 0 Å². The number of amides is 1. The summed E-state index contributed by atoms with van der Waals surface area (Å²) in [6.45, 7) is 0.386. The molecule has 0 atom stereocenters. The molecular formula is C16H13BrClNO3. The van der Waals surface area contributed by atoms with Gasteiger partial charge in [0.15, 0.2) is 12.4 Å². The van der Waals surface area contributed by atoms with Crippen LogP contribution in [0.2, 0.25) is 5.02 Å². The first-order chi connectivity index (χ1) is 10.6. The van der Waals surface area contributed by atoms with E-state index in [1.54, 1.807) is 18.1 Å². The summed E-state index contributed by atoms with van der Waals surface area (Å²) in [7, 11) is 1.58. The van der Waals surface area contributed by atoms with Gasteiger partial charge in [0.1, 0.15) is 5.75 Å². The number of nitrogens with zero attached hydrogens (tertiary/aromatic N) is 1. The van der Waals surface area contributed by atoms with Gasteiger partial charge in [-0.1, -0.05) is 29.8 Å². The molecule has 0 aromatic heterocycles. The minimum Gasteiger partial charge on any atom is -0.497 e. The van der Waals surface area contributed by atoms with Gasteiger partial charge in [-0.15, -0.1) is 0 Å². The average molecular weight is 383 g/mol. The molecule has 0 bridgehead atoms. The van der Waals surface area contributed by atoms with Crippen LogP contribution in [0.1, 0.15) is 5.56 Å². The molecule has 0 radical (unpaired) electrons. The molecule has 2 aromatic carbocycles. The van der Waals surface area contributed by atoms with Crippen LogP contribution in [0.5, 0.6) is 11.5 Å². The molecule has 0 saturated carbocycles. The maximum absolute atomic E-state index is 12.3. The SMILES string of the molecule is COc1cc(Br)c2c(c1)N(Cc1ccccc1Cl)C(=O)CO2. The van der Waals surface area contributed by atoms with Crippen LogP contribution in [0.15, 0.2) is 40.9 Å². The Hall–Kier alpha value is -1.72. The van der Waals surface area contributed by atoms with Crippen molar-refractivity contribution in [2.24, 2.45) is 0 Å². The highest BCUT2D eigenvalue weighted by atomic mass is 79.9. The van der Waals surface area contributed by atoms with Crippen molar-refractivity contribution in [2.75, 3.05) is 18.6 Å². The predicted molar refractivity (Wildman–Crippen MR) is 88.8 cm³/mol. The van der Waals surface area contributed by atoms with E-state index in [9.17, 15) is 4.79 Å². The second-order valence-corrected chi connectivity index (χ2v) is 6.08. The Labute approximate surface area is 141 Å². The van der Waals surface area contributed by atoms with Crippen molar-refractivity contribution >= 4 is 39.1 Å². The third-order valence-electron chi connectivity index (χ3n) is 3.45. The zero-order chi connectivity index (χ0) is 15.7. The van der Waals surface area contributed by atoms with E-state index in [1.165, 1.54) is 0 Å². The molecule has 0 unspecified atom stereocenters. The number of fused-ring (bicyclic) bond motifs is 1. The first kappa shape index (κ1) is 15.2. The molecule has 3 rings (SSSR count). The van der Waals surface area contributed by atoms with Gasteiger partial charge in [-0.25, -0.2) is 0 Å². The first-order valence-electron chi connectivity index (χ1n) is 6.64. The lowest BCUT2D eigenvalue weighted by Gasteiger charge is -2.30. The van der Waals surface area contributed by atoms with Crippen molar-refractivity contribution < 1.29 is 14.3 Å². The molecule has 1 amide bonds. The fraction of sp³-hybridized carbons (Fsp3) is 0.188. The zero-order valence-corrected chi connectivity index (χ0v) is 14.1. The highest BCUT2D eigenvalue weighted by Crippen LogP contribution is 2.42. The molecule has 2 aromatic rings. The average Bonchev–Trinajstić information content (AvgIpc) is 2.51. The molecule has 4 nitrogen and oxygen atoms in total. The Morgan fingerprint density at radius 1 is 1.36 bits per heavy atom. The molecule has 0 aliphatic carbocycles. The molecule has 6 heteroatoms. The van der Waals surface area contributed by atoms with E-state index in [2.05, 4.69) is 15.9 Å². The third-order valence-corrected chi connectivity index (χ3v) is 4.41. The maximum Gasteiger partial charge on any atom is 0.265 e. The molecule has 0 fully saturated rings. The van der Waals surface area contributed by atoms with E-state index >= 15 is 0 Å². The number of anilines is 1. The third kappa shape index (κ3) is 2.78. The number of hydrogen-bond donors (Lipinski definition) is 0. The summed E-state index contributed by atoms with van der Waals surface area (Å²) in [5.41, 5.74) is 1.55. The fourth-order valence-corrected chi connectivity index (χ4v) is 3.07. The number of halogens is 2. The lowest BCUT2D eigenvalue weighted by Crippen LogP contribution is -2.38.